The zero-order valence-electron chi connectivity index (χ0n) is 14.0. The summed E-state index contributed by atoms with van der Waals surface area (Å²) in [4.78, 5) is 13.5. The van der Waals surface area contributed by atoms with Gasteiger partial charge in [0.2, 0.25) is 10.0 Å². The lowest BCUT2D eigenvalue weighted by atomic mass is 10.4. The van der Waals surface area contributed by atoms with Crippen molar-refractivity contribution in [1.29, 1.82) is 0 Å². The highest BCUT2D eigenvalue weighted by molar-refractivity contribution is 9.10. The molecule has 0 unspecified atom stereocenters. The Balaban J connectivity index is 1.96. The van der Waals surface area contributed by atoms with Crippen LogP contribution >= 0.6 is 27.5 Å². The van der Waals surface area contributed by atoms with Gasteiger partial charge in [-0.25, -0.2) is 21.6 Å². The fourth-order valence-corrected chi connectivity index (χ4v) is 5.32. The van der Waals surface area contributed by atoms with Crippen LogP contribution in [0.1, 0.15) is 0 Å². The second kappa shape index (κ2) is 8.42. The van der Waals surface area contributed by atoms with Gasteiger partial charge < -0.3 is 10.2 Å². The average molecular weight is 489 g/mol. The van der Waals surface area contributed by atoms with Gasteiger partial charge in [0.25, 0.3) is 0 Å². The molecular weight excluding hydrogens is 470 g/mol. The van der Waals surface area contributed by atoms with Crippen LogP contribution in [0.2, 0.25) is 5.02 Å². The first-order chi connectivity index (χ1) is 12.0. The Kier molecular flexibility index (Phi) is 6.94. The van der Waals surface area contributed by atoms with Gasteiger partial charge in [0.1, 0.15) is 14.7 Å². The molecule has 1 heterocycles. The second-order valence-corrected chi connectivity index (χ2v) is 11.3. The fraction of sp³-hybridized carbons (Fsp3) is 0.500. The predicted octanol–water partition coefficient (Wildman–Crippen LogP) is 1.16. The van der Waals surface area contributed by atoms with E-state index in [2.05, 4.69) is 21.2 Å². The van der Waals surface area contributed by atoms with E-state index in [9.17, 15) is 21.6 Å². The summed E-state index contributed by atoms with van der Waals surface area (Å²) in [6, 6.07) is 4.14. The molecule has 0 aromatic heterocycles. The molecule has 8 nitrogen and oxygen atoms in total. The van der Waals surface area contributed by atoms with E-state index in [4.69, 9.17) is 11.6 Å². The van der Waals surface area contributed by atoms with Crippen LogP contribution in [-0.2, 0) is 19.9 Å². The lowest BCUT2D eigenvalue weighted by Crippen LogP contribution is -2.53. The van der Waals surface area contributed by atoms with Crippen LogP contribution in [0, 0.1) is 0 Å². The van der Waals surface area contributed by atoms with Crippen molar-refractivity contribution < 1.29 is 21.6 Å². The fourth-order valence-electron chi connectivity index (χ4n) is 2.41. The minimum absolute atomic E-state index is 0.0185. The number of nitrogens with one attached hydrogen (secondary N) is 1. The van der Waals surface area contributed by atoms with Gasteiger partial charge >= 0.3 is 6.03 Å². The molecule has 0 saturated carbocycles. The number of nitrogens with zero attached hydrogens (tertiary/aromatic N) is 2. The Morgan fingerprint density at radius 3 is 2.35 bits per heavy atom. The predicted molar refractivity (Wildman–Crippen MR) is 103 cm³/mol. The van der Waals surface area contributed by atoms with Gasteiger partial charge in [-0.3, -0.25) is 0 Å². The van der Waals surface area contributed by atoms with Crippen LogP contribution in [0.4, 0.5) is 4.79 Å². The summed E-state index contributed by atoms with van der Waals surface area (Å²) in [6.07, 6.45) is 1.09. The standard InChI is InChI=1S/C14H19BrClN3O5S2/c1-25(21,22)9-4-17-14(20)18-5-7-19(8-6-18)26(23,24)13-3-2-11(15)10-12(13)16/h2-3,10H,4-9H2,1H3,(H,17,20). The van der Waals surface area contributed by atoms with Crippen LogP contribution < -0.4 is 5.32 Å². The first-order valence-corrected chi connectivity index (χ1v) is 12.3. The number of piperazine rings is 1. The number of benzene rings is 1. The first-order valence-electron chi connectivity index (χ1n) is 7.66. The number of carbonyl (C=O) groups excluding carboxylic acids is 1. The summed E-state index contributed by atoms with van der Waals surface area (Å²) in [6.45, 7) is 0.698. The highest BCUT2D eigenvalue weighted by Crippen LogP contribution is 2.28. The van der Waals surface area contributed by atoms with Crippen molar-refractivity contribution in [2.45, 2.75) is 4.90 Å². The minimum Gasteiger partial charge on any atom is -0.337 e. The van der Waals surface area contributed by atoms with E-state index in [1.165, 1.54) is 21.3 Å². The number of carbonyl (C=O) groups is 1. The molecule has 1 aliphatic heterocycles. The molecule has 2 amide bonds. The zero-order chi connectivity index (χ0) is 19.5. The van der Waals surface area contributed by atoms with E-state index in [0.29, 0.717) is 4.47 Å². The minimum atomic E-state index is -3.75. The Morgan fingerprint density at radius 2 is 1.81 bits per heavy atom. The van der Waals surface area contributed by atoms with Crippen molar-refractivity contribution in [3.8, 4) is 0 Å². The SMILES string of the molecule is CS(=O)(=O)CCNC(=O)N1CCN(S(=O)(=O)c2ccc(Br)cc2Cl)CC1. The van der Waals surface area contributed by atoms with E-state index in [-0.39, 0.29) is 48.4 Å². The third-order valence-electron chi connectivity index (χ3n) is 3.79. The molecule has 26 heavy (non-hydrogen) atoms. The summed E-state index contributed by atoms with van der Waals surface area (Å²) in [5, 5.41) is 2.65. The zero-order valence-corrected chi connectivity index (χ0v) is 18.0. The van der Waals surface area contributed by atoms with Gasteiger partial charge in [0.15, 0.2) is 0 Å². The third kappa shape index (κ3) is 5.56. The molecule has 1 fully saturated rings. The summed E-state index contributed by atoms with van der Waals surface area (Å²) in [5.41, 5.74) is 0. The molecule has 1 N–H and O–H groups in total. The van der Waals surface area contributed by atoms with Crippen LogP contribution in [0.3, 0.4) is 0 Å². The number of urea groups is 1. The van der Waals surface area contributed by atoms with Crippen molar-refractivity contribution in [3.63, 3.8) is 0 Å². The van der Waals surface area contributed by atoms with Crippen LogP contribution in [-0.4, -0.2) is 76.8 Å². The van der Waals surface area contributed by atoms with Gasteiger partial charge in [-0.15, -0.1) is 0 Å². The molecule has 1 saturated heterocycles. The largest absolute Gasteiger partial charge is 0.337 e. The number of hydrogen-bond acceptors (Lipinski definition) is 5. The molecule has 1 aliphatic rings. The summed E-state index contributed by atoms with van der Waals surface area (Å²) < 4.78 is 49.5. The maximum absolute atomic E-state index is 12.7. The van der Waals surface area contributed by atoms with Gasteiger partial charge in [-0.05, 0) is 18.2 Å². The number of amides is 2. The molecule has 2 rings (SSSR count). The number of halogens is 2. The number of hydrogen-bond donors (Lipinski definition) is 1. The van der Waals surface area contributed by atoms with Gasteiger partial charge in [0, 0.05) is 43.5 Å². The first kappa shape index (κ1) is 21.4. The average Bonchev–Trinajstić information content (AvgIpc) is 2.53. The molecule has 0 spiro atoms. The molecule has 0 aliphatic carbocycles. The van der Waals surface area contributed by atoms with Crippen molar-refractivity contribution >= 4 is 53.4 Å². The van der Waals surface area contributed by atoms with Crippen LogP contribution in [0.25, 0.3) is 0 Å². The second-order valence-electron chi connectivity index (χ2n) is 5.83. The van der Waals surface area contributed by atoms with Gasteiger partial charge in [0.05, 0.1) is 10.8 Å². The van der Waals surface area contributed by atoms with E-state index >= 15 is 0 Å². The molecule has 12 heteroatoms. The van der Waals surface area contributed by atoms with E-state index in [0.717, 1.165) is 6.26 Å². The van der Waals surface area contributed by atoms with E-state index < -0.39 is 25.9 Å². The number of sulfone groups is 1. The molecule has 146 valence electrons. The molecular formula is C14H19BrClN3O5S2. The van der Waals surface area contributed by atoms with Crippen LogP contribution in [0.5, 0.6) is 0 Å². The quantitative estimate of drug-likeness (QED) is 0.670. The Morgan fingerprint density at radius 1 is 1.19 bits per heavy atom. The highest BCUT2D eigenvalue weighted by atomic mass is 79.9. The van der Waals surface area contributed by atoms with Crippen molar-refractivity contribution in [1.82, 2.24) is 14.5 Å². The smallest absolute Gasteiger partial charge is 0.317 e. The Hall–Kier alpha value is -0.880. The lowest BCUT2D eigenvalue weighted by molar-refractivity contribution is 0.173. The van der Waals surface area contributed by atoms with E-state index in [1.807, 2.05) is 0 Å². The summed E-state index contributed by atoms with van der Waals surface area (Å²) >= 11 is 9.28. The van der Waals surface area contributed by atoms with Crippen molar-refractivity contribution in [2.75, 3.05) is 44.7 Å². The molecule has 0 radical (unpaired) electrons. The van der Waals surface area contributed by atoms with Crippen LogP contribution in [0.15, 0.2) is 27.6 Å². The van der Waals surface area contributed by atoms with Crippen molar-refractivity contribution in [3.05, 3.63) is 27.7 Å². The normalized spacial score (nSPS) is 16.5. The molecule has 0 atom stereocenters. The topological polar surface area (TPSA) is 104 Å². The maximum Gasteiger partial charge on any atom is 0.317 e. The van der Waals surface area contributed by atoms with Gasteiger partial charge in [-0.1, -0.05) is 27.5 Å². The van der Waals surface area contributed by atoms with Crippen molar-refractivity contribution in [2.24, 2.45) is 0 Å². The number of rotatable bonds is 5. The van der Waals surface area contributed by atoms with Gasteiger partial charge in [-0.2, -0.15) is 4.31 Å². The Bertz CT molecular complexity index is 884. The maximum atomic E-state index is 12.7. The third-order valence-corrected chi connectivity index (χ3v) is 7.61. The summed E-state index contributed by atoms with van der Waals surface area (Å²) in [5.74, 6) is -0.144. The summed E-state index contributed by atoms with van der Waals surface area (Å²) in [7, 11) is -6.91. The highest BCUT2D eigenvalue weighted by Gasteiger charge is 2.31. The number of sulfonamides is 1. The van der Waals surface area contributed by atoms with E-state index in [1.54, 1.807) is 6.07 Å². The molecule has 0 bridgehead atoms. The Labute approximate surface area is 166 Å². The molecule has 1 aromatic rings. The lowest BCUT2D eigenvalue weighted by Gasteiger charge is -2.34. The monoisotopic (exact) mass is 487 g/mol. The molecule has 1 aromatic carbocycles.